The zero-order chi connectivity index (χ0) is 17.9. The van der Waals surface area contributed by atoms with Gasteiger partial charge in [-0.25, -0.2) is 0 Å². The van der Waals surface area contributed by atoms with Crippen LogP contribution in [0.1, 0.15) is 66.7 Å². The molecule has 1 saturated carbocycles. The van der Waals surface area contributed by atoms with E-state index in [1.165, 1.54) is 25.7 Å². The first-order valence-corrected chi connectivity index (χ1v) is 9.76. The summed E-state index contributed by atoms with van der Waals surface area (Å²) in [6, 6.07) is 0. The van der Waals surface area contributed by atoms with Crippen LogP contribution in [0.5, 0.6) is 0 Å². The van der Waals surface area contributed by atoms with Crippen molar-refractivity contribution in [1.29, 1.82) is 0 Å². The minimum absolute atomic E-state index is 0. The van der Waals surface area contributed by atoms with Crippen LogP contribution < -0.4 is 16.0 Å². The van der Waals surface area contributed by atoms with Gasteiger partial charge in [0.05, 0.1) is 0 Å². The summed E-state index contributed by atoms with van der Waals surface area (Å²) in [5.41, 5.74) is 0.505. The van der Waals surface area contributed by atoms with Gasteiger partial charge in [-0.3, -0.25) is 4.99 Å². The topological polar surface area (TPSA) is 57.7 Å². The monoisotopic (exact) mass is 468 g/mol. The summed E-state index contributed by atoms with van der Waals surface area (Å²) in [5, 5.41) is 10.3. The van der Waals surface area contributed by atoms with Crippen LogP contribution in [0.3, 0.4) is 0 Å². The van der Waals surface area contributed by atoms with Crippen molar-refractivity contribution in [2.45, 2.75) is 72.3 Å². The molecule has 0 amide bonds. The van der Waals surface area contributed by atoms with Crippen molar-refractivity contribution < 1.29 is 4.74 Å². The summed E-state index contributed by atoms with van der Waals surface area (Å²) in [7, 11) is 0. The predicted molar refractivity (Wildman–Crippen MR) is 119 cm³/mol. The number of halogens is 1. The molecule has 3 N–H and O–H groups in total. The van der Waals surface area contributed by atoms with E-state index in [4.69, 9.17) is 9.73 Å². The van der Waals surface area contributed by atoms with Crippen LogP contribution in [0.4, 0.5) is 0 Å². The van der Waals surface area contributed by atoms with Crippen LogP contribution >= 0.6 is 24.0 Å². The Morgan fingerprint density at radius 1 is 1.08 bits per heavy atom. The van der Waals surface area contributed by atoms with Crippen molar-refractivity contribution in [2.24, 2.45) is 10.4 Å². The second kappa shape index (κ2) is 13.1. The molecular formula is C19H41IN4O. The maximum absolute atomic E-state index is 5.60. The molecular weight excluding hydrogens is 427 g/mol. The maximum atomic E-state index is 5.60. The first-order chi connectivity index (χ1) is 11.4. The lowest BCUT2D eigenvalue weighted by Gasteiger charge is -2.27. The van der Waals surface area contributed by atoms with E-state index in [1.54, 1.807) is 0 Å². The van der Waals surface area contributed by atoms with Crippen LogP contribution in [0.25, 0.3) is 0 Å². The Morgan fingerprint density at radius 2 is 1.76 bits per heavy atom. The molecule has 1 rings (SSSR count). The summed E-state index contributed by atoms with van der Waals surface area (Å²) in [6.07, 6.45) is 6.38. The van der Waals surface area contributed by atoms with E-state index < -0.39 is 0 Å². The van der Waals surface area contributed by atoms with Gasteiger partial charge in [-0.1, -0.05) is 12.8 Å². The smallest absolute Gasteiger partial charge is 0.191 e. The number of ether oxygens (including phenoxy) is 1. The lowest BCUT2D eigenvalue weighted by atomic mass is 9.83. The molecule has 0 aromatic carbocycles. The van der Waals surface area contributed by atoms with Crippen molar-refractivity contribution >= 4 is 29.9 Å². The third-order valence-electron chi connectivity index (χ3n) is 4.63. The van der Waals surface area contributed by atoms with Crippen molar-refractivity contribution in [2.75, 3.05) is 39.4 Å². The zero-order valence-corrected chi connectivity index (χ0v) is 19.4. The van der Waals surface area contributed by atoms with Crippen LogP contribution in [-0.2, 0) is 4.74 Å². The highest BCUT2D eigenvalue weighted by atomic mass is 127. The molecule has 0 saturated heterocycles. The van der Waals surface area contributed by atoms with Crippen LogP contribution in [-0.4, -0.2) is 50.9 Å². The number of nitrogens with one attached hydrogen (secondary N) is 3. The van der Waals surface area contributed by atoms with Gasteiger partial charge in [0.15, 0.2) is 5.96 Å². The highest BCUT2D eigenvalue weighted by Gasteiger charge is 2.33. The van der Waals surface area contributed by atoms with Crippen molar-refractivity contribution in [3.05, 3.63) is 0 Å². The molecule has 0 atom stereocenters. The number of guanidine groups is 1. The summed E-state index contributed by atoms with van der Waals surface area (Å²) in [5.74, 6) is 0.941. The van der Waals surface area contributed by atoms with Gasteiger partial charge in [0.2, 0.25) is 0 Å². The van der Waals surface area contributed by atoms with Gasteiger partial charge in [-0.2, -0.15) is 0 Å². The van der Waals surface area contributed by atoms with E-state index in [9.17, 15) is 0 Å². The standard InChI is InChI=1S/C19H40N4O.HI/c1-6-20-17(21-13-14-23-18(3,4)5)22-16-19(10-8-9-11-19)12-15-24-7-2;/h23H,6-16H2,1-5H3,(H2,20,21,22);1H. The van der Waals surface area contributed by atoms with Gasteiger partial charge in [0.1, 0.15) is 0 Å². The van der Waals surface area contributed by atoms with E-state index in [2.05, 4.69) is 50.6 Å². The largest absolute Gasteiger partial charge is 0.382 e. The highest BCUT2D eigenvalue weighted by Crippen LogP contribution is 2.41. The summed E-state index contributed by atoms with van der Waals surface area (Å²) in [4.78, 5) is 4.89. The summed E-state index contributed by atoms with van der Waals surface area (Å²) >= 11 is 0. The molecule has 0 heterocycles. The minimum atomic E-state index is 0. The van der Waals surface area contributed by atoms with Crippen LogP contribution in [0, 0.1) is 5.41 Å². The highest BCUT2D eigenvalue weighted by molar-refractivity contribution is 14.0. The molecule has 0 aliphatic heterocycles. The molecule has 6 heteroatoms. The fourth-order valence-corrected chi connectivity index (χ4v) is 3.25. The number of nitrogens with zero attached hydrogens (tertiary/aromatic N) is 1. The molecule has 0 radical (unpaired) electrons. The molecule has 5 nitrogen and oxygen atoms in total. The third kappa shape index (κ3) is 11.3. The Bertz CT molecular complexity index is 363. The Labute approximate surface area is 172 Å². The number of aliphatic imine (C=N–C) groups is 1. The predicted octanol–water partition coefficient (Wildman–Crippen LogP) is 3.53. The maximum Gasteiger partial charge on any atom is 0.191 e. The lowest BCUT2D eigenvalue weighted by Crippen LogP contribution is -2.44. The average Bonchev–Trinajstić information content (AvgIpc) is 2.97. The van der Waals surface area contributed by atoms with E-state index in [0.29, 0.717) is 5.41 Å². The fraction of sp³-hybridized carbons (Fsp3) is 0.947. The number of hydrogen-bond donors (Lipinski definition) is 3. The molecule has 0 bridgehead atoms. The molecule has 0 aromatic heterocycles. The van der Waals surface area contributed by atoms with Gasteiger partial charge in [-0.15, -0.1) is 24.0 Å². The molecule has 150 valence electrons. The number of hydrogen-bond acceptors (Lipinski definition) is 3. The molecule has 25 heavy (non-hydrogen) atoms. The Morgan fingerprint density at radius 3 is 2.32 bits per heavy atom. The van der Waals surface area contributed by atoms with Crippen molar-refractivity contribution in [3.8, 4) is 0 Å². The zero-order valence-electron chi connectivity index (χ0n) is 17.0. The SMILES string of the molecule is CCNC(=NCC1(CCOCC)CCCC1)NCCNC(C)(C)C.I. The Balaban J connectivity index is 0.00000576. The fourth-order valence-electron chi connectivity index (χ4n) is 3.25. The number of rotatable bonds is 10. The molecule has 0 aromatic rings. The van der Waals surface area contributed by atoms with Gasteiger partial charge in [0.25, 0.3) is 0 Å². The molecule has 0 unspecified atom stereocenters. The van der Waals surface area contributed by atoms with Gasteiger partial charge in [-0.05, 0) is 59.3 Å². The van der Waals surface area contributed by atoms with E-state index in [0.717, 1.165) is 51.8 Å². The normalized spacial score (nSPS) is 17.2. The Hall–Kier alpha value is -0.0800. The van der Waals surface area contributed by atoms with Gasteiger partial charge >= 0.3 is 0 Å². The molecule has 0 spiro atoms. The molecule has 1 aliphatic rings. The van der Waals surface area contributed by atoms with Crippen molar-refractivity contribution in [1.82, 2.24) is 16.0 Å². The lowest BCUT2D eigenvalue weighted by molar-refractivity contribution is 0.107. The van der Waals surface area contributed by atoms with E-state index >= 15 is 0 Å². The van der Waals surface area contributed by atoms with Crippen molar-refractivity contribution in [3.63, 3.8) is 0 Å². The first-order valence-electron chi connectivity index (χ1n) is 9.76. The van der Waals surface area contributed by atoms with Crippen LogP contribution in [0.2, 0.25) is 0 Å². The second-order valence-electron chi connectivity index (χ2n) is 7.95. The Kier molecular flexibility index (Phi) is 13.1. The van der Waals surface area contributed by atoms with E-state index in [-0.39, 0.29) is 29.5 Å². The second-order valence-corrected chi connectivity index (χ2v) is 7.95. The van der Waals surface area contributed by atoms with Crippen LogP contribution in [0.15, 0.2) is 4.99 Å². The quantitative estimate of drug-likeness (QED) is 0.199. The average molecular weight is 468 g/mol. The third-order valence-corrected chi connectivity index (χ3v) is 4.63. The summed E-state index contributed by atoms with van der Waals surface area (Å²) in [6.45, 7) is 16.0. The van der Waals surface area contributed by atoms with Gasteiger partial charge in [0, 0.05) is 44.9 Å². The molecule has 1 aliphatic carbocycles. The summed E-state index contributed by atoms with van der Waals surface area (Å²) < 4.78 is 5.60. The molecule has 1 fully saturated rings. The minimum Gasteiger partial charge on any atom is -0.382 e. The van der Waals surface area contributed by atoms with Gasteiger partial charge < -0.3 is 20.7 Å². The van der Waals surface area contributed by atoms with E-state index in [1.807, 2.05) is 0 Å². The first kappa shape index (κ1) is 24.9.